The van der Waals surface area contributed by atoms with E-state index in [0.717, 1.165) is 13.7 Å². The van der Waals surface area contributed by atoms with Crippen molar-refractivity contribution in [1.82, 2.24) is 0 Å². The number of hydrogen-bond donors (Lipinski definition) is 0. The highest BCUT2D eigenvalue weighted by Gasteiger charge is 2.21. The van der Waals surface area contributed by atoms with Crippen molar-refractivity contribution in [2.45, 2.75) is 18.7 Å². The standard InChI is InChI=1S/C13H16Cl2N2O4S/c1-4-20-12(18)16(14)9-6-7-11(22-3)10(8-9)17(15)13(19)21-5-2/h6-8H,4-5H2,1-3H3. The maximum Gasteiger partial charge on any atom is 0.429 e. The highest BCUT2D eigenvalue weighted by Crippen LogP contribution is 2.35. The van der Waals surface area contributed by atoms with Crippen LogP contribution >= 0.6 is 35.3 Å². The van der Waals surface area contributed by atoms with Gasteiger partial charge in [-0.05, 0) is 38.3 Å². The Bertz CT molecular complexity index is 545. The van der Waals surface area contributed by atoms with Crippen molar-refractivity contribution in [2.24, 2.45) is 0 Å². The number of benzene rings is 1. The number of nitrogens with zero attached hydrogens (tertiary/aromatic N) is 2. The Balaban J connectivity index is 3.12. The van der Waals surface area contributed by atoms with Gasteiger partial charge in [0.1, 0.15) is 0 Å². The van der Waals surface area contributed by atoms with E-state index in [1.165, 1.54) is 17.8 Å². The third-order valence-corrected chi connectivity index (χ3v) is 3.90. The van der Waals surface area contributed by atoms with Gasteiger partial charge in [-0.25, -0.2) is 9.59 Å². The third-order valence-electron chi connectivity index (χ3n) is 2.46. The van der Waals surface area contributed by atoms with E-state index in [9.17, 15) is 9.59 Å². The second kappa shape index (κ2) is 8.97. The molecule has 1 aromatic carbocycles. The lowest BCUT2D eigenvalue weighted by molar-refractivity contribution is 0.163. The van der Waals surface area contributed by atoms with E-state index in [1.807, 2.05) is 6.26 Å². The number of carbonyl (C=O) groups excluding carboxylic acids is 2. The summed E-state index contributed by atoms with van der Waals surface area (Å²) in [5, 5.41) is 0. The van der Waals surface area contributed by atoms with Crippen LogP contribution in [0.15, 0.2) is 23.1 Å². The topological polar surface area (TPSA) is 59.1 Å². The summed E-state index contributed by atoms with van der Waals surface area (Å²) < 4.78 is 11.3. The summed E-state index contributed by atoms with van der Waals surface area (Å²) in [6.45, 7) is 3.74. The number of rotatable bonds is 5. The number of thioether (sulfide) groups is 1. The van der Waals surface area contributed by atoms with Gasteiger partial charge in [0.15, 0.2) is 0 Å². The second-order valence-electron chi connectivity index (χ2n) is 3.82. The van der Waals surface area contributed by atoms with Gasteiger partial charge in [-0.1, -0.05) is 0 Å². The van der Waals surface area contributed by atoms with Crippen LogP contribution in [0.3, 0.4) is 0 Å². The van der Waals surface area contributed by atoms with Crippen molar-refractivity contribution in [3.63, 3.8) is 0 Å². The molecule has 0 aliphatic heterocycles. The molecular weight excluding hydrogens is 351 g/mol. The molecule has 0 heterocycles. The predicted octanol–water partition coefficient (Wildman–Crippen LogP) is 4.64. The van der Waals surface area contributed by atoms with E-state index >= 15 is 0 Å². The van der Waals surface area contributed by atoms with Crippen LogP contribution in [-0.2, 0) is 9.47 Å². The van der Waals surface area contributed by atoms with E-state index in [2.05, 4.69) is 0 Å². The number of anilines is 2. The van der Waals surface area contributed by atoms with Crippen LogP contribution in [0, 0.1) is 0 Å². The maximum absolute atomic E-state index is 11.8. The Morgan fingerprint density at radius 1 is 1.09 bits per heavy atom. The molecule has 0 radical (unpaired) electrons. The normalized spacial score (nSPS) is 10.0. The maximum atomic E-state index is 11.8. The number of carbonyl (C=O) groups is 2. The quantitative estimate of drug-likeness (QED) is 0.560. The van der Waals surface area contributed by atoms with E-state index in [-0.39, 0.29) is 13.2 Å². The Morgan fingerprint density at radius 3 is 2.14 bits per heavy atom. The molecule has 0 bridgehead atoms. The molecule has 0 unspecified atom stereocenters. The van der Waals surface area contributed by atoms with Crippen LogP contribution in [0.25, 0.3) is 0 Å². The van der Waals surface area contributed by atoms with E-state index < -0.39 is 12.2 Å². The molecule has 0 spiro atoms. The van der Waals surface area contributed by atoms with Crippen LogP contribution in [-0.4, -0.2) is 31.7 Å². The van der Waals surface area contributed by atoms with Crippen molar-refractivity contribution < 1.29 is 19.1 Å². The third kappa shape index (κ3) is 4.59. The van der Waals surface area contributed by atoms with Crippen molar-refractivity contribution in [3.05, 3.63) is 18.2 Å². The fraction of sp³-hybridized carbons (Fsp3) is 0.385. The van der Waals surface area contributed by atoms with E-state index in [4.69, 9.17) is 33.0 Å². The number of hydrogen-bond acceptors (Lipinski definition) is 5. The molecule has 0 fully saturated rings. The first-order valence-corrected chi connectivity index (χ1v) is 8.29. The van der Waals surface area contributed by atoms with E-state index in [0.29, 0.717) is 11.4 Å². The molecule has 122 valence electrons. The largest absolute Gasteiger partial charge is 0.449 e. The first kappa shape index (κ1) is 18.7. The van der Waals surface area contributed by atoms with Crippen molar-refractivity contribution in [1.29, 1.82) is 0 Å². The zero-order chi connectivity index (χ0) is 16.7. The summed E-state index contributed by atoms with van der Waals surface area (Å²) in [6, 6.07) is 4.81. The molecule has 0 saturated carbocycles. The summed E-state index contributed by atoms with van der Waals surface area (Å²) in [7, 11) is 0. The monoisotopic (exact) mass is 366 g/mol. The molecule has 0 saturated heterocycles. The minimum Gasteiger partial charge on any atom is -0.449 e. The molecule has 0 atom stereocenters. The van der Waals surface area contributed by atoms with Gasteiger partial charge in [0, 0.05) is 28.4 Å². The molecule has 0 N–H and O–H groups in total. The van der Waals surface area contributed by atoms with Gasteiger partial charge >= 0.3 is 12.2 Å². The number of halogens is 2. The molecule has 0 aliphatic carbocycles. The van der Waals surface area contributed by atoms with Gasteiger partial charge < -0.3 is 9.47 Å². The Kier molecular flexibility index (Phi) is 7.64. The summed E-state index contributed by atoms with van der Waals surface area (Å²) >= 11 is 13.3. The molecular formula is C13H16Cl2N2O4S. The fourth-order valence-electron chi connectivity index (χ4n) is 1.52. The Hall–Kier alpha value is -1.31. The first-order valence-electron chi connectivity index (χ1n) is 6.39. The van der Waals surface area contributed by atoms with Gasteiger partial charge in [-0.15, -0.1) is 11.8 Å². The molecule has 2 amide bonds. The predicted molar refractivity (Wildman–Crippen MR) is 88.9 cm³/mol. The Labute approximate surface area is 143 Å². The highest BCUT2D eigenvalue weighted by atomic mass is 35.5. The van der Waals surface area contributed by atoms with Crippen LogP contribution in [0.1, 0.15) is 13.8 Å². The molecule has 1 rings (SSSR count). The molecule has 0 aliphatic rings. The van der Waals surface area contributed by atoms with Crippen molar-refractivity contribution >= 4 is 58.9 Å². The van der Waals surface area contributed by atoms with Gasteiger partial charge in [0.2, 0.25) is 0 Å². The average Bonchev–Trinajstić information content (AvgIpc) is 2.53. The van der Waals surface area contributed by atoms with Gasteiger partial charge in [-0.2, -0.15) is 8.84 Å². The number of amides is 2. The lowest BCUT2D eigenvalue weighted by atomic mass is 10.2. The molecule has 22 heavy (non-hydrogen) atoms. The zero-order valence-electron chi connectivity index (χ0n) is 12.3. The van der Waals surface area contributed by atoms with Crippen molar-refractivity contribution in [3.8, 4) is 0 Å². The van der Waals surface area contributed by atoms with Gasteiger partial charge in [0.05, 0.1) is 24.6 Å². The van der Waals surface area contributed by atoms with Crippen LogP contribution < -0.4 is 8.84 Å². The lowest BCUT2D eigenvalue weighted by Gasteiger charge is -2.19. The fourth-order valence-corrected chi connectivity index (χ4v) is 2.47. The van der Waals surface area contributed by atoms with E-state index in [1.54, 1.807) is 26.0 Å². The summed E-state index contributed by atoms with van der Waals surface area (Å²) in [5.74, 6) is 0. The molecule has 6 nitrogen and oxygen atoms in total. The van der Waals surface area contributed by atoms with Gasteiger partial charge in [-0.3, -0.25) is 0 Å². The van der Waals surface area contributed by atoms with Crippen LogP contribution in [0.5, 0.6) is 0 Å². The minimum atomic E-state index is -0.718. The number of ether oxygens (including phenoxy) is 2. The second-order valence-corrected chi connectivity index (χ2v) is 5.34. The minimum absolute atomic E-state index is 0.195. The molecule has 1 aromatic rings. The Morgan fingerprint density at radius 2 is 1.64 bits per heavy atom. The summed E-state index contributed by atoms with van der Waals surface area (Å²) in [6.07, 6.45) is 0.399. The SMILES string of the molecule is CCOC(=O)N(Cl)c1ccc(SC)c(N(Cl)C(=O)OCC)c1. The smallest absolute Gasteiger partial charge is 0.429 e. The van der Waals surface area contributed by atoms with Crippen molar-refractivity contribution in [2.75, 3.05) is 28.3 Å². The highest BCUT2D eigenvalue weighted by molar-refractivity contribution is 7.98. The zero-order valence-corrected chi connectivity index (χ0v) is 14.7. The summed E-state index contributed by atoms with van der Waals surface area (Å²) in [4.78, 5) is 24.1. The molecule has 0 aromatic heterocycles. The van der Waals surface area contributed by atoms with Crippen LogP contribution in [0.2, 0.25) is 0 Å². The lowest BCUT2D eigenvalue weighted by Crippen LogP contribution is -2.24. The van der Waals surface area contributed by atoms with Gasteiger partial charge in [0.25, 0.3) is 0 Å². The average molecular weight is 367 g/mol. The summed E-state index contributed by atoms with van der Waals surface area (Å²) in [5.41, 5.74) is 0.683. The van der Waals surface area contributed by atoms with Crippen LogP contribution in [0.4, 0.5) is 21.0 Å². The molecule has 9 heteroatoms. The first-order chi connectivity index (χ1) is 10.5.